The molecule has 1 aromatic carbocycles. The minimum absolute atomic E-state index is 0.116. The van der Waals surface area contributed by atoms with Gasteiger partial charge in [0.05, 0.1) is 12.0 Å². The van der Waals surface area contributed by atoms with Crippen LogP contribution in [0.15, 0.2) is 59.8 Å². The van der Waals surface area contributed by atoms with Crippen LogP contribution >= 0.6 is 11.6 Å². The van der Waals surface area contributed by atoms with E-state index in [2.05, 4.69) is 9.97 Å². The lowest BCUT2D eigenvalue weighted by atomic mass is 10.2. The Morgan fingerprint density at radius 3 is 2.67 bits per heavy atom. The summed E-state index contributed by atoms with van der Waals surface area (Å²) in [5.41, 5.74) is 2.56. The lowest BCUT2D eigenvalue weighted by Gasteiger charge is -2.11. The van der Waals surface area contributed by atoms with Gasteiger partial charge in [-0.05, 0) is 30.7 Å². The Bertz CT molecular complexity index is 1070. The van der Waals surface area contributed by atoms with Crippen LogP contribution in [0.5, 0.6) is 0 Å². The maximum Gasteiger partial charge on any atom is 0.282 e. The van der Waals surface area contributed by atoms with Gasteiger partial charge in [0.15, 0.2) is 0 Å². The highest BCUT2D eigenvalue weighted by molar-refractivity contribution is 6.17. The number of hydrogen-bond donors (Lipinski definition) is 0. The van der Waals surface area contributed by atoms with Crippen LogP contribution in [-0.4, -0.2) is 25.0 Å². The number of benzene rings is 1. The van der Waals surface area contributed by atoms with Crippen LogP contribution in [0.2, 0.25) is 0 Å². The van der Waals surface area contributed by atoms with Gasteiger partial charge in [0.2, 0.25) is 0 Å². The molecule has 3 aromatic heterocycles. The number of aryl methyl sites for hydroxylation is 1. The Hall–Kier alpha value is -2.66. The molecule has 0 saturated carbocycles. The van der Waals surface area contributed by atoms with E-state index in [0.717, 1.165) is 17.5 Å². The molecule has 0 atom stereocenters. The topological polar surface area (TPSA) is 52.7 Å². The molecule has 0 radical (unpaired) electrons. The van der Waals surface area contributed by atoms with E-state index in [-0.39, 0.29) is 5.56 Å². The maximum absolute atomic E-state index is 13.2. The Morgan fingerprint density at radius 2 is 1.88 bits per heavy atom. The number of hydrogen-bond acceptors (Lipinski definition) is 3. The highest BCUT2D eigenvalue weighted by Crippen LogP contribution is 2.22. The van der Waals surface area contributed by atoms with Gasteiger partial charge in [-0.1, -0.05) is 18.2 Å². The lowest BCUT2D eigenvalue weighted by Crippen LogP contribution is -2.22. The number of imidazole rings is 1. The first-order valence-electron chi connectivity index (χ1n) is 7.77. The van der Waals surface area contributed by atoms with Crippen LogP contribution in [0.25, 0.3) is 27.8 Å². The highest BCUT2D eigenvalue weighted by atomic mass is 35.5. The molecule has 0 bridgehead atoms. The molecule has 0 unspecified atom stereocenters. The van der Waals surface area contributed by atoms with Crippen molar-refractivity contribution >= 4 is 33.7 Å². The molecule has 3 heterocycles. The van der Waals surface area contributed by atoms with Crippen molar-refractivity contribution < 1.29 is 0 Å². The SMILES string of the molecule is O=c1c2c(ncn2CCCCl)c2cccnc2n1-c1ccccc1. The highest BCUT2D eigenvalue weighted by Gasteiger charge is 2.17. The number of alkyl halides is 1. The zero-order chi connectivity index (χ0) is 16.5. The van der Waals surface area contributed by atoms with Crippen LogP contribution < -0.4 is 5.56 Å². The number of nitrogens with zero attached hydrogens (tertiary/aromatic N) is 4. The summed E-state index contributed by atoms with van der Waals surface area (Å²) < 4.78 is 3.53. The van der Waals surface area contributed by atoms with Crippen molar-refractivity contribution in [3.05, 3.63) is 65.3 Å². The summed E-state index contributed by atoms with van der Waals surface area (Å²) in [5, 5.41) is 0.862. The Morgan fingerprint density at radius 1 is 1.04 bits per heavy atom. The van der Waals surface area contributed by atoms with Gasteiger partial charge >= 0.3 is 0 Å². The van der Waals surface area contributed by atoms with Gasteiger partial charge in [-0.15, -0.1) is 11.6 Å². The van der Waals surface area contributed by atoms with E-state index in [1.54, 1.807) is 17.1 Å². The van der Waals surface area contributed by atoms with Crippen molar-refractivity contribution in [1.82, 2.24) is 19.1 Å². The Kier molecular flexibility index (Phi) is 3.78. The quantitative estimate of drug-likeness (QED) is 0.536. The smallest absolute Gasteiger partial charge is 0.282 e. The number of para-hydroxylation sites is 1. The van der Waals surface area contributed by atoms with Gasteiger partial charge in [0, 0.05) is 24.0 Å². The Balaban J connectivity index is 2.13. The molecule has 120 valence electrons. The third kappa shape index (κ3) is 2.29. The van der Waals surface area contributed by atoms with E-state index in [1.807, 2.05) is 47.0 Å². The van der Waals surface area contributed by atoms with E-state index in [9.17, 15) is 4.79 Å². The molecule has 0 fully saturated rings. The molecule has 0 aliphatic rings. The molecule has 4 rings (SSSR count). The van der Waals surface area contributed by atoms with Gasteiger partial charge in [-0.3, -0.25) is 9.36 Å². The predicted octanol–water partition coefficient (Wildman–Crippen LogP) is 3.36. The van der Waals surface area contributed by atoms with Crippen molar-refractivity contribution in [1.29, 1.82) is 0 Å². The molecule has 0 saturated heterocycles. The first-order chi connectivity index (χ1) is 11.8. The molecule has 6 heteroatoms. The average molecular weight is 339 g/mol. The van der Waals surface area contributed by atoms with E-state index in [4.69, 9.17) is 11.6 Å². The molecule has 0 aliphatic heterocycles. The van der Waals surface area contributed by atoms with Crippen LogP contribution in [0.4, 0.5) is 0 Å². The van der Waals surface area contributed by atoms with E-state index in [1.165, 1.54) is 0 Å². The van der Waals surface area contributed by atoms with E-state index in [0.29, 0.717) is 29.1 Å². The molecule has 0 aliphatic carbocycles. The summed E-state index contributed by atoms with van der Waals surface area (Å²) in [6.07, 6.45) is 4.18. The van der Waals surface area contributed by atoms with Crippen LogP contribution in [0, 0.1) is 0 Å². The van der Waals surface area contributed by atoms with Crippen LogP contribution in [0.1, 0.15) is 6.42 Å². The summed E-state index contributed by atoms with van der Waals surface area (Å²) in [5.74, 6) is 0.543. The second-order valence-corrected chi connectivity index (χ2v) is 5.91. The summed E-state index contributed by atoms with van der Waals surface area (Å²) in [6, 6.07) is 13.4. The Labute approximate surface area is 143 Å². The van der Waals surface area contributed by atoms with Crippen molar-refractivity contribution in [2.75, 3.05) is 5.88 Å². The average Bonchev–Trinajstić information content (AvgIpc) is 3.06. The predicted molar refractivity (Wildman–Crippen MR) is 96.0 cm³/mol. The minimum Gasteiger partial charge on any atom is -0.326 e. The largest absolute Gasteiger partial charge is 0.326 e. The van der Waals surface area contributed by atoms with Gasteiger partial charge in [-0.25, -0.2) is 9.97 Å². The summed E-state index contributed by atoms with van der Waals surface area (Å²) >= 11 is 5.80. The van der Waals surface area contributed by atoms with Crippen LogP contribution in [-0.2, 0) is 6.54 Å². The lowest BCUT2D eigenvalue weighted by molar-refractivity contribution is 0.697. The number of aromatic nitrogens is 4. The number of rotatable bonds is 4. The van der Waals surface area contributed by atoms with Gasteiger partial charge < -0.3 is 4.57 Å². The zero-order valence-electron chi connectivity index (χ0n) is 12.9. The standard InChI is InChI=1S/C18H15ClN4O/c19-9-5-11-22-12-21-15-14-8-4-10-20-17(14)23(18(24)16(15)22)13-6-2-1-3-7-13/h1-4,6-8,10,12H,5,9,11H2. The summed E-state index contributed by atoms with van der Waals surface area (Å²) in [4.78, 5) is 22.1. The summed E-state index contributed by atoms with van der Waals surface area (Å²) in [6.45, 7) is 0.662. The van der Waals surface area contributed by atoms with Crippen molar-refractivity contribution in [2.24, 2.45) is 0 Å². The second kappa shape index (κ2) is 6.09. The maximum atomic E-state index is 13.2. The van der Waals surface area contributed by atoms with Gasteiger partial charge in [-0.2, -0.15) is 0 Å². The van der Waals surface area contributed by atoms with Crippen molar-refractivity contribution in [3.8, 4) is 5.69 Å². The molecule has 0 amide bonds. The van der Waals surface area contributed by atoms with E-state index < -0.39 is 0 Å². The van der Waals surface area contributed by atoms with E-state index >= 15 is 0 Å². The van der Waals surface area contributed by atoms with Crippen molar-refractivity contribution in [2.45, 2.75) is 13.0 Å². The number of halogens is 1. The number of pyridine rings is 2. The first-order valence-corrected chi connectivity index (χ1v) is 8.30. The molecule has 0 spiro atoms. The molecule has 4 aromatic rings. The molecular weight excluding hydrogens is 324 g/mol. The molecule has 5 nitrogen and oxygen atoms in total. The van der Waals surface area contributed by atoms with Gasteiger partial charge in [0.25, 0.3) is 5.56 Å². The fourth-order valence-corrected chi connectivity index (χ4v) is 3.10. The molecule has 0 N–H and O–H groups in total. The van der Waals surface area contributed by atoms with Gasteiger partial charge in [0.1, 0.15) is 16.7 Å². The third-order valence-electron chi connectivity index (χ3n) is 4.04. The second-order valence-electron chi connectivity index (χ2n) is 5.53. The fraction of sp³-hybridized carbons (Fsp3) is 0.167. The minimum atomic E-state index is -0.116. The normalized spacial score (nSPS) is 11.4. The fourth-order valence-electron chi connectivity index (χ4n) is 2.98. The number of fused-ring (bicyclic) bond motifs is 3. The first kappa shape index (κ1) is 14.9. The molecular formula is C18H15ClN4O. The summed E-state index contributed by atoms with van der Waals surface area (Å²) in [7, 11) is 0. The third-order valence-corrected chi connectivity index (χ3v) is 4.31. The zero-order valence-corrected chi connectivity index (χ0v) is 13.6. The molecule has 24 heavy (non-hydrogen) atoms. The van der Waals surface area contributed by atoms with Crippen molar-refractivity contribution in [3.63, 3.8) is 0 Å². The van der Waals surface area contributed by atoms with Crippen LogP contribution in [0.3, 0.4) is 0 Å². The monoisotopic (exact) mass is 338 g/mol.